The highest BCUT2D eigenvalue weighted by Gasteiger charge is 2.23. The molecule has 0 saturated carbocycles. The van der Waals surface area contributed by atoms with E-state index in [4.69, 9.17) is 5.73 Å². The molecule has 98 valence electrons. The summed E-state index contributed by atoms with van der Waals surface area (Å²) in [4.78, 5) is 0. The molecule has 1 unspecified atom stereocenters. The zero-order valence-electron chi connectivity index (χ0n) is 10.9. The highest BCUT2D eigenvalue weighted by atomic mass is 32.2. The van der Waals surface area contributed by atoms with Gasteiger partial charge in [-0.25, -0.2) is 13.1 Å². The van der Waals surface area contributed by atoms with Crippen LogP contribution in [-0.4, -0.2) is 26.3 Å². The molecule has 0 saturated heterocycles. The summed E-state index contributed by atoms with van der Waals surface area (Å²) in [7, 11) is -3.18. The first kappa shape index (κ1) is 15.9. The predicted octanol–water partition coefficient (Wildman–Crippen LogP) is 1.47. The van der Waals surface area contributed by atoms with Gasteiger partial charge in [0.15, 0.2) is 0 Å². The Morgan fingerprint density at radius 3 is 2.12 bits per heavy atom. The Labute approximate surface area is 100 Å². The molecule has 0 aromatic carbocycles. The third-order valence-corrected chi connectivity index (χ3v) is 4.85. The van der Waals surface area contributed by atoms with E-state index in [1.165, 1.54) is 0 Å². The second kappa shape index (κ2) is 6.57. The van der Waals surface area contributed by atoms with Crippen molar-refractivity contribution < 1.29 is 8.42 Å². The maximum atomic E-state index is 11.7. The molecule has 0 aromatic rings. The summed E-state index contributed by atoms with van der Waals surface area (Å²) in [6.45, 7) is 8.22. The van der Waals surface area contributed by atoms with E-state index in [1.807, 2.05) is 27.7 Å². The van der Waals surface area contributed by atoms with Gasteiger partial charge in [-0.3, -0.25) is 0 Å². The van der Waals surface area contributed by atoms with Crippen molar-refractivity contribution in [1.82, 2.24) is 4.72 Å². The normalized spacial score (nSPS) is 15.1. The van der Waals surface area contributed by atoms with Crippen molar-refractivity contribution in [2.75, 3.05) is 12.3 Å². The van der Waals surface area contributed by atoms with Crippen molar-refractivity contribution in [2.24, 2.45) is 11.7 Å². The first-order valence-corrected chi connectivity index (χ1v) is 7.70. The SMILES string of the molecule is CCC(C)CS(=O)(=O)NCC(N)(CC)CC. The average Bonchev–Trinajstić information content (AvgIpc) is 2.25. The zero-order valence-corrected chi connectivity index (χ0v) is 11.7. The van der Waals surface area contributed by atoms with Crippen LogP contribution in [0, 0.1) is 5.92 Å². The van der Waals surface area contributed by atoms with Crippen LogP contribution in [0.4, 0.5) is 0 Å². The molecule has 16 heavy (non-hydrogen) atoms. The zero-order chi connectivity index (χ0) is 12.8. The van der Waals surface area contributed by atoms with Crippen LogP contribution in [0.3, 0.4) is 0 Å². The molecule has 0 aromatic heterocycles. The maximum absolute atomic E-state index is 11.7. The molecule has 0 fully saturated rings. The van der Waals surface area contributed by atoms with Gasteiger partial charge in [0, 0.05) is 12.1 Å². The van der Waals surface area contributed by atoms with Gasteiger partial charge < -0.3 is 5.73 Å². The van der Waals surface area contributed by atoms with Crippen molar-refractivity contribution in [2.45, 2.75) is 52.5 Å². The standard InChI is InChI=1S/C11H26N2O2S/c1-5-10(4)8-16(14,15)13-9-11(12,6-2)7-3/h10,13H,5-9,12H2,1-4H3. The van der Waals surface area contributed by atoms with E-state index in [1.54, 1.807) is 0 Å². The van der Waals surface area contributed by atoms with Gasteiger partial charge in [0.2, 0.25) is 10.0 Å². The van der Waals surface area contributed by atoms with Crippen molar-refractivity contribution in [3.63, 3.8) is 0 Å². The maximum Gasteiger partial charge on any atom is 0.211 e. The smallest absolute Gasteiger partial charge is 0.211 e. The molecule has 0 radical (unpaired) electrons. The second-order valence-corrected chi connectivity index (χ2v) is 6.54. The Hall–Kier alpha value is -0.130. The van der Waals surface area contributed by atoms with Gasteiger partial charge in [-0.15, -0.1) is 0 Å². The van der Waals surface area contributed by atoms with Crippen molar-refractivity contribution in [3.8, 4) is 0 Å². The first-order valence-electron chi connectivity index (χ1n) is 6.04. The lowest BCUT2D eigenvalue weighted by molar-refractivity contribution is 0.391. The summed E-state index contributed by atoms with van der Waals surface area (Å²) in [6, 6.07) is 0. The largest absolute Gasteiger partial charge is 0.324 e. The summed E-state index contributed by atoms with van der Waals surface area (Å²) in [5.41, 5.74) is 5.63. The van der Waals surface area contributed by atoms with E-state index in [9.17, 15) is 8.42 Å². The summed E-state index contributed by atoms with van der Waals surface area (Å²) >= 11 is 0. The molecule has 4 nitrogen and oxygen atoms in total. The van der Waals surface area contributed by atoms with Crippen molar-refractivity contribution in [3.05, 3.63) is 0 Å². The highest BCUT2D eigenvalue weighted by molar-refractivity contribution is 7.89. The Balaban J connectivity index is 4.28. The van der Waals surface area contributed by atoms with Gasteiger partial charge in [-0.1, -0.05) is 34.1 Å². The van der Waals surface area contributed by atoms with E-state index in [0.717, 1.165) is 19.3 Å². The van der Waals surface area contributed by atoms with E-state index in [-0.39, 0.29) is 11.7 Å². The van der Waals surface area contributed by atoms with Gasteiger partial charge in [-0.2, -0.15) is 0 Å². The van der Waals surface area contributed by atoms with Crippen LogP contribution < -0.4 is 10.5 Å². The van der Waals surface area contributed by atoms with Gasteiger partial charge in [-0.05, 0) is 18.8 Å². The number of hydrogen-bond donors (Lipinski definition) is 2. The van der Waals surface area contributed by atoms with Crippen molar-refractivity contribution >= 4 is 10.0 Å². The monoisotopic (exact) mass is 250 g/mol. The molecular formula is C11H26N2O2S. The molecule has 5 heteroatoms. The number of hydrogen-bond acceptors (Lipinski definition) is 3. The molecule has 0 amide bonds. The molecule has 0 bridgehead atoms. The van der Waals surface area contributed by atoms with Crippen LogP contribution in [-0.2, 0) is 10.0 Å². The summed E-state index contributed by atoms with van der Waals surface area (Å²) in [5, 5.41) is 0. The molecule has 0 aliphatic heterocycles. The Kier molecular flexibility index (Phi) is 6.51. The molecule has 0 aliphatic rings. The molecule has 0 spiro atoms. The minimum absolute atomic E-state index is 0.188. The number of nitrogens with two attached hydrogens (primary N) is 1. The van der Waals surface area contributed by atoms with E-state index in [2.05, 4.69) is 4.72 Å². The van der Waals surface area contributed by atoms with Gasteiger partial charge in [0.25, 0.3) is 0 Å². The quantitative estimate of drug-likeness (QED) is 0.685. The van der Waals surface area contributed by atoms with E-state index >= 15 is 0 Å². The lowest BCUT2D eigenvalue weighted by atomic mass is 9.95. The van der Waals surface area contributed by atoms with Crippen LogP contribution in [0.25, 0.3) is 0 Å². The second-order valence-electron chi connectivity index (χ2n) is 4.69. The molecule has 1 atom stereocenters. The topological polar surface area (TPSA) is 72.2 Å². The average molecular weight is 250 g/mol. The third-order valence-electron chi connectivity index (χ3n) is 3.25. The van der Waals surface area contributed by atoms with Gasteiger partial charge in [0.05, 0.1) is 5.75 Å². The summed E-state index contributed by atoms with van der Waals surface area (Å²) < 4.78 is 26.0. The Morgan fingerprint density at radius 2 is 1.75 bits per heavy atom. The lowest BCUT2D eigenvalue weighted by Gasteiger charge is -2.27. The van der Waals surface area contributed by atoms with E-state index < -0.39 is 15.6 Å². The molecule has 0 rings (SSSR count). The van der Waals surface area contributed by atoms with Gasteiger partial charge in [0.1, 0.15) is 0 Å². The summed E-state index contributed by atoms with van der Waals surface area (Å²) in [5.74, 6) is 0.375. The number of rotatable bonds is 8. The summed E-state index contributed by atoms with van der Waals surface area (Å²) in [6.07, 6.45) is 2.42. The highest BCUT2D eigenvalue weighted by Crippen LogP contribution is 2.11. The van der Waals surface area contributed by atoms with Gasteiger partial charge >= 0.3 is 0 Å². The van der Waals surface area contributed by atoms with Crippen LogP contribution >= 0.6 is 0 Å². The minimum Gasteiger partial charge on any atom is -0.324 e. The van der Waals surface area contributed by atoms with Crippen LogP contribution in [0.15, 0.2) is 0 Å². The molecule has 3 N–H and O–H groups in total. The fourth-order valence-corrected chi connectivity index (χ4v) is 2.92. The number of nitrogens with one attached hydrogen (secondary N) is 1. The van der Waals surface area contributed by atoms with Crippen LogP contribution in [0.2, 0.25) is 0 Å². The third kappa shape index (κ3) is 5.82. The predicted molar refractivity (Wildman–Crippen MR) is 68.7 cm³/mol. The van der Waals surface area contributed by atoms with E-state index in [0.29, 0.717) is 6.54 Å². The Morgan fingerprint density at radius 1 is 1.25 bits per heavy atom. The van der Waals surface area contributed by atoms with Crippen LogP contribution in [0.5, 0.6) is 0 Å². The molecule has 0 heterocycles. The fourth-order valence-electron chi connectivity index (χ4n) is 1.31. The molecule has 0 aliphatic carbocycles. The van der Waals surface area contributed by atoms with Crippen molar-refractivity contribution in [1.29, 1.82) is 0 Å². The lowest BCUT2D eigenvalue weighted by Crippen LogP contribution is -2.49. The molecular weight excluding hydrogens is 224 g/mol. The minimum atomic E-state index is -3.18. The Bertz CT molecular complexity index is 284. The first-order chi connectivity index (χ1) is 7.28. The fraction of sp³-hybridized carbons (Fsp3) is 1.00. The van der Waals surface area contributed by atoms with Crippen LogP contribution in [0.1, 0.15) is 47.0 Å². The number of sulfonamides is 1.